The molecule has 0 saturated carbocycles. The molecule has 5 nitrogen and oxygen atoms in total. The summed E-state index contributed by atoms with van der Waals surface area (Å²) in [4.78, 5) is 30.9. The monoisotopic (exact) mass is 375 g/mol. The second-order valence-electron chi connectivity index (χ2n) is 7.56. The number of aromatic nitrogens is 1. The Kier molecular flexibility index (Phi) is 5.01. The van der Waals surface area contributed by atoms with Crippen molar-refractivity contribution >= 4 is 16.8 Å². The molecule has 1 aromatic heterocycles. The molecule has 144 valence electrons. The summed E-state index contributed by atoms with van der Waals surface area (Å²) in [5.74, 6) is -0.0176. The lowest BCUT2D eigenvalue weighted by molar-refractivity contribution is -0.122. The molecule has 0 saturated heterocycles. The molecule has 1 aliphatic rings. The average Bonchev–Trinajstić information content (AvgIpc) is 2.71. The minimum absolute atomic E-state index is 0.0176. The lowest BCUT2D eigenvalue weighted by atomic mass is 9.99. The van der Waals surface area contributed by atoms with Gasteiger partial charge in [-0.15, -0.1) is 0 Å². The van der Waals surface area contributed by atoms with E-state index in [0.29, 0.717) is 19.6 Å². The number of fused-ring (bicyclic) bond motifs is 2. The number of aromatic amines is 1. The summed E-state index contributed by atoms with van der Waals surface area (Å²) in [6.45, 7) is 6.20. The summed E-state index contributed by atoms with van der Waals surface area (Å²) in [5.41, 5.74) is 6.20. The van der Waals surface area contributed by atoms with E-state index in [0.717, 1.165) is 46.3 Å². The van der Waals surface area contributed by atoms with Crippen LogP contribution in [0.3, 0.4) is 0 Å². The van der Waals surface area contributed by atoms with Crippen molar-refractivity contribution in [2.75, 3.05) is 13.1 Å². The van der Waals surface area contributed by atoms with Gasteiger partial charge in [-0.25, -0.2) is 0 Å². The molecule has 1 amide bonds. The van der Waals surface area contributed by atoms with Crippen LogP contribution >= 0.6 is 0 Å². The van der Waals surface area contributed by atoms with Crippen LogP contribution in [-0.4, -0.2) is 28.9 Å². The van der Waals surface area contributed by atoms with E-state index in [1.807, 2.05) is 54.3 Å². The Morgan fingerprint density at radius 1 is 1.14 bits per heavy atom. The van der Waals surface area contributed by atoms with Gasteiger partial charge in [-0.3, -0.25) is 14.5 Å². The highest BCUT2D eigenvalue weighted by Crippen LogP contribution is 2.22. The van der Waals surface area contributed by atoms with Crippen LogP contribution in [-0.2, 0) is 24.3 Å². The van der Waals surface area contributed by atoms with Crippen LogP contribution in [0.4, 0.5) is 0 Å². The first-order chi connectivity index (χ1) is 13.5. The number of aryl methyl sites for hydroxylation is 2. The van der Waals surface area contributed by atoms with Crippen molar-refractivity contribution in [3.8, 4) is 0 Å². The molecule has 1 aliphatic heterocycles. The zero-order valence-electron chi connectivity index (χ0n) is 16.3. The summed E-state index contributed by atoms with van der Waals surface area (Å²) >= 11 is 0. The maximum atomic E-state index is 13.0. The minimum atomic E-state index is -0.0176. The Morgan fingerprint density at radius 3 is 2.71 bits per heavy atom. The smallest absolute Gasteiger partial charge is 0.234 e. The molecule has 4 rings (SSSR count). The number of nitrogens with zero attached hydrogens (tertiary/aromatic N) is 1. The van der Waals surface area contributed by atoms with Crippen molar-refractivity contribution in [2.45, 2.75) is 33.4 Å². The summed E-state index contributed by atoms with van der Waals surface area (Å²) in [7, 11) is 0. The van der Waals surface area contributed by atoms with Gasteiger partial charge >= 0.3 is 0 Å². The van der Waals surface area contributed by atoms with E-state index in [-0.39, 0.29) is 11.3 Å². The van der Waals surface area contributed by atoms with E-state index in [9.17, 15) is 9.59 Å². The largest absolute Gasteiger partial charge is 0.358 e. The quantitative estimate of drug-likeness (QED) is 0.737. The van der Waals surface area contributed by atoms with Gasteiger partial charge in [0.05, 0.1) is 12.1 Å². The number of benzene rings is 2. The van der Waals surface area contributed by atoms with Crippen molar-refractivity contribution < 1.29 is 4.79 Å². The van der Waals surface area contributed by atoms with Crippen molar-refractivity contribution in [3.63, 3.8) is 0 Å². The maximum Gasteiger partial charge on any atom is 0.234 e. The number of H-pyrrole nitrogens is 1. The van der Waals surface area contributed by atoms with Crippen LogP contribution in [0.25, 0.3) is 10.9 Å². The predicted molar refractivity (Wildman–Crippen MR) is 111 cm³/mol. The minimum Gasteiger partial charge on any atom is -0.358 e. The highest BCUT2D eigenvalue weighted by molar-refractivity contribution is 5.83. The summed E-state index contributed by atoms with van der Waals surface area (Å²) in [5, 5.41) is 3.70. The second kappa shape index (κ2) is 7.60. The summed E-state index contributed by atoms with van der Waals surface area (Å²) in [6, 6.07) is 13.8. The van der Waals surface area contributed by atoms with Crippen LogP contribution in [0.1, 0.15) is 27.9 Å². The third kappa shape index (κ3) is 3.58. The van der Waals surface area contributed by atoms with Crippen LogP contribution in [0.15, 0.2) is 47.3 Å². The molecule has 0 unspecified atom stereocenters. The molecule has 28 heavy (non-hydrogen) atoms. The molecule has 5 heteroatoms. The Hall–Kier alpha value is -2.92. The third-order valence-electron chi connectivity index (χ3n) is 5.65. The van der Waals surface area contributed by atoms with Gasteiger partial charge < -0.3 is 10.3 Å². The summed E-state index contributed by atoms with van der Waals surface area (Å²) < 4.78 is 0. The van der Waals surface area contributed by atoms with Crippen molar-refractivity contribution in [1.82, 2.24) is 15.2 Å². The van der Waals surface area contributed by atoms with E-state index in [2.05, 4.69) is 17.2 Å². The Morgan fingerprint density at radius 2 is 1.93 bits per heavy atom. The number of hydrogen-bond donors (Lipinski definition) is 2. The fraction of sp³-hybridized carbons (Fsp3) is 0.304. The van der Waals surface area contributed by atoms with Crippen molar-refractivity contribution in [3.05, 3.63) is 80.6 Å². The zero-order chi connectivity index (χ0) is 19.7. The number of amides is 1. The van der Waals surface area contributed by atoms with Crippen LogP contribution < -0.4 is 10.7 Å². The Balaban J connectivity index is 1.48. The summed E-state index contributed by atoms with van der Waals surface area (Å²) in [6.07, 6.45) is 0.750. The zero-order valence-corrected chi connectivity index (χ0v) is 16.3. The Bertz CT molecular complexity index is 1090. The number of nitrogens with one attached hydrogen (secondary N) is 2. The van der Waals surface area contributed by atoms with Crippen molar-refractivity contribution in [2.24, 2.45) is 0 Å². The lowest BCUT2D eigenvalue weighted by Crippen LogP contribution is -2.41. The van der Waals surface area contributed by atoms with Gasteiger partial charge in [0, 0.05) is 42.7 Å². The molecule has 2 N–H and O–H groups in total. The first kappa shape index (κ1) is 18.4. The van der Waals surface area contributed by atoms with Gasteiger partial charge in [-0.1, -0.05) is 36.4 Å². The highest BCUT2D eigenvalue weighted by atomic mass is 16.2. The standard InChI is InChI=1S/C23H25N3O2/c1-15-8-9-18-22(16(15)2)25-20-10-11-26(13-19(20)23(18)28)14-21(27)24-12-17-6-4-3-5-7-17/h3-9H,10-14H2,1-2H3,(H,24,27)(H,25,28). The van der Waals surface area contributed by atoms with Crippen LogP contribution in [0, 0.1) is 13.8 Å². The van der Waals surface area contributed by atoms with Crippen molar-refractivity contribution in [1.29, 1.82) is 0 Å². The topological polar surface area (TPSA) is 65.2 Å². The first-order valence-corrected chi connectivity index (χ1v) is 9.70. The molecule has 0 bridgehead atoms. The highest BCUT2D eigenvalue weighted by Gasteiger charge is 2.23. The van der Waals surface area contributed by atoms with Gasteiger partial charge in [-0.05, 0) is 36.6 Å². The SMILES string of the molecule is Cc1ccc2c(=O)c3c([nH]c2c1C)CCN(CC(=O)NCc1ccccc1)C3. The maximum absolute atomic E-state index is 13.0. The van der Waals surface area contributed by atoms with Crippen LogP contribution in [0.5, 0.6) is 0 Å². The molecule has 2 heterocycles. The normalized spacial score (nSPS) is 14.1. The lowest BCUT2D eigenvalue weighted by Gasteiger charge is -2.28. The van der Waals surface area contributed by atoms with Gasteiger partial charge in [-0.2, -0.15) is 0 Å². The number of pyridine rings is 1. The molecule has 0 aliphatic carbocycles. The molecule has 0 spiro atoms. The number of rotatable bonds is 4. The molecular weight excluding hydrogens is 350 g/mol. The fourth-order valence-electron chi connectivity index (χ4n) is 3.84. The van der Waals surface area contributed by atoms with Gasteiger partial charge in [0.25, 0.3) is 0 Å². The molecular formula is C23H25N3O2. The van der Waals surface area contributed by atoms with Crippen LogP contribution in [0.2, 0.25) is 0 Å². The van der Waals surface area contributed by atoms with E-state index in [1.165, 1.54) is 5.56 Å². The van der Waals surface area contributed by atoms with E-state index >= 15 is 0 Å². The predicted octanol–water partition coefficient (Wildman–Crippen LogP) is 2.82. The molecule has 0 radical (unpaired) electrons. The number of hydrogen-bond acceptors (Lipinski definition) is 3. The van der Waals surface area contributed by atoms with E-state index < -0.39 is 0 Å². The molecule has 2 aromatic carbocycles. The van der Waals surface area contributed by atoms with E-state index in [4.69, 9.17) is 0 Å². The number of carbonyl (C=O) groups excluding carboxylic acids is 1. The van der Waals surface area contributed by atoms with Gasteiger partial charge in [0.1, 0.15) is 0 Å². The second-order valence-corrected chi connectivity index (χ2v) is 7.56. The first-order valence-electron chi connectivity index (χ1n) is 9.70. The average molecular weight is 375 g/mol. The number of carbonyl (C=O) groups is 1. The third-order valence-corrected chi connectivity index (χ3v) is 5.65. The molecule has 0 atom stereocenters. The fourth-order valence-corrected chi connectivity index (χ4v) is 3.84. The Labute approximate surface area is 164 Å². The molecule has 0 fully saturated rings. The molecule has 3 aromatic rings. The van der Waals surface area contributed by atoms with Gasteiger partial charge in [0.2, 0.25) is 5.91 Å². The van der Waals surface area contributed by atoms with Gasteiger partial charge in [0.15, 0.2) is 5.43 Å². The van der Waals surface area contributed by atoms with E-state index in [1.54, 1.807) is 0 Å².